The molecular weight excluding hydrogens is 496 g/mol. The molecular formula is C31H42N2O6. The van der Waals surface area contributed by atoms with Crippen molar-refractivity contribution < 1.29 is 28.9 Å². The molecule has 0 saturated heterocycles. The van der Waals surface area contributed by atoms with Crippen LogP contribution < -0.4 is 0 Å². The number of rotatable bonds is 12. The number of esters is 2. The van der Waals surface area contributed by atoms with Crippen LogP contribution in [0.4, 0.5) is 0 Å². The lowest BCUT2D eigenvalue weighted by molar-refractivity contribution is -0.165. The van der Waals surface area contributed by atoms with E-state index in [4.69, 9.17) is 14.2 Å². The number of ether oxygens (including phenoxy) is 3. The number of carbonyl (C=O) groups excluding carboxylic acids is 2. The summed E-state index contributed by atoms with van der Waals surface area (Å²) < 4.78 is 17.5. The van der Waals surface area contributed by atoms with Gasteiger partial charge in [0.15, 0.2) is 0 Å². The van der Waals surface area contributed by atoms with E-state index in [-0.39, 0.29) is 25.1 Å². The van der Waals surface area contributed by atoms with E-state index in [2.05, 4.69) is 52.3 Å². The third kappa shape index (κ3) is 8.60. The normalized spacial score (nSPS) is 18.1. The fourth-order valence-electron chi connectivity index (χ4n) is 5.14. The summed E-state index contributed by atoms with van der Waals surface area (Å²) in [6.07, 6.45) is -0.324. The van der Waals surface area contributed by atoms with Gasteiger partial charge in [-0.2, -0.15) is 0 Å². The van der Waals surface area contributed by atoms with E-state index in [0.29, 0.717) is 13.1 Å². The van der Waals surface area contributed by atoms with E-state index >= 15 is 0 Å². The van der Waals surface area contributed by atoms with Crippen LogP contribution in [-0.4, -0.2) is 84.5 Å². The van der Waals surface area contributed by atoms with Gasteiger partial charge >= 0.3 is 11.9 Å². The Balaban J connectivity index is 1.36. The number of hydrogen-bond donors (Lipinski definition) is 1. The number of nitrogens with zero attached hydrogens (tertiary/aromatic N) is 2. The number of hydrogen-bond acceptors (Lipinski definition) is 8. The van der Waals surface area contributed by atoms with Gasteiger partial charge in [0.1, 0.15) is 18.3 Å². The number of carbonyl (C=O) groups is 2. The first-order valence-electron chi connectivity index (χ1n) is 14.0. The number of aliphatic hydroxyl groups is 1. The highest BCUT2D eigenvalue weighted by Gasteiger charge is 2.27. The molecule has 0 saturated carbocycles. The first kappa shape index (κ1) is 29.2. The van der Waals surface area contributed by atoms with Gasteiger partial charge in [0.2, 0.25) is 0 Å². The van der Waals surface area contributed by atoms with Gasteiger partial charge in [-0.05, 0) is 42.0 Å². The fourth-order valence-corrected chi connectivity index (χ4v) is 5.14. The van der Waals surface area contributed by atoms with Crippen molar-refractivity contribution in [2.24, 2.45) is 5.92 Å². The summed E-state index contributed by atoms with van der Waals surface area (Å²) in [6.45, 7) is 9.75. The maximum absolute atomic E-state index is 12.5. The third-order valence-electron chi connectivity index (χ3n) is 7.33. The minimum absolute atomic E-state index is 0.148. The predicted molar refractivity (Wildman–Crippen MR) is 148 cm³/mol. The average Bonchev–Trinajstić information content (AvgIpc) is 2.92. The molecule has 2 aliphatic heterocycles. The van der Waals surface area contributed by atoms with Crippen LogP contribution in [0.2, 0.25) is 0 Å². The fraction of sp³-hybridized carbons (Fsp3) is 0.548. The Morgan fingerprint density at radius 2 is 1.18 bits per heavy atom. The molecule has 0 aromatic heterocycles. The Bertz CT molecular complexity index is 1020. The highest BCUT2D eigenvalue weighted by molar-refractivity contribution is 5.74. The van der Waals surface area contributed by atoms with E-state index in [1.165, 1.54) is 29.2 Å². The summed E-state index contributed by atoms with van der Waals surface area (Å²) in [7, 11) is 0. The number of fused-ring (bicyclic) bond motifs is 2. The van der Waals surface area contributed by atoms with Gasteiger partial charge in [0.05, 0.1) is 19.1 Å². The van der Waals surface area contributed by atoms with Crippen molar-refractivity contribution in [1.82, 2.24) is 9.80 Å². The van der Waals surface area contributed by atoms with Gasteiger partial charge in [-0.1, -0.05) is 62.4 Å². The van der Waals surface area contributed by atoms with Crippen molar-refractivity contribution in [3.8, 4) is 0 Å². The second kappa shape index (κ2) is 14.0. The molecule has 0 fully saturated rings. The smallest absolute Gasteiger partial charge is 0.335 e. The zero-order valence-electron chi connectivity index (χ0n) is 23.4. The van der Waals surface area contributed by atoms with Gasteiger partial charge in [0, 0.05) is 39.3 Å². The monoisotopic (exact) mass is 538 g/mol. The second-order valence-corrected chi connectivity index (χ2v) is 11.0. The molecule has 1 N–H and O–H groups in total. The van der Waals surface area contributed by atoms with Crippen LogP contribution in [0.1, 0.15) is 43.0 Å². The molecule has 3 unspecified atom stereocenters. The Kier molecular flexibility index (Phi) is 10.5. The van der Waals surface area contributed by atoms with Crippen LogP contribution in [0.25, 0.3) is 0 Å². The Hall–Kier alpha value is -2.78. The highest BCUT2D eigenvalue weighted by atomic mass is 16.6. The summed E-state index contributed by atoms with van der Waals surface area (Å²) in [4.78, 5) is 29.3. The molecule has 2 aromatic rings. The maximum atomic E-state index is 12.5. The Morgan fingerprint density at radius 1 is 0.744 bits per heavy atom. The molecule has 2 aliphatic rings. The van der Waals surface area contributed by atoms with Crippen LogP contribution in [0, 0.1) is 5.92 Å². The molecule has 0 aliphatic carbocycles. The molecule has 0 amide bonds. The van der Waals surface area contributed by atoms with Crippen LogP contribution >= 0.6 is 0 Å². The Morgan fingerprint density at radius 3 is 1.62 bits per heavy atom. The van der Waals surface area contributed by atoms with Gasteiger partial charge in [0.25, 0.3) is 0 Å². The van der Waals surface area contributed by atoms with Crippen molar-refractivity contribution in [2.75, 3.05) is 39.4 Å². The number of benzene rings is 2. The van der Waals surface area contributed by atoms with Crippen LogP contribution in [0.3, 0.4) is 0 Å². The summed E-state index contributed by atoms with van der Waals surface area (Å²) in [5.41, 5.74) is 5.28. The van der Waals surface area contributed by atoms with Crippen molar-refractivity contribution in [3.63, 3.8) is 0 Å². The Labute approximate surface area is 231 Å². The maximum Gasteiger partial charge on any atom is 0.335 e. The SMILES string of the molecule is CC(C)C(=O)OC(COCC(CN1CCc2ccccc2C1)OC(=O)C(C)O)CN1CCc2ccccc2C1. The molecule has 4 rings (SSSR count). The topological polar surface area (TPSA) is 88.5 Å². The van der Waals surface area contributed by atoms with Crippen LogP contribution in [0.5, 0.6) is 0 Å². The zero-order chi connectivity index (χ0) is 27.8. The highest BCUT2D eigenvalue weighted by Crippen LogP contribution is 2.21. The van der Waals surface area contributed by atoms with Gasteiger partial charge in [-0.3, -0.25) is 14.6 Å². The van der Waals surface area contributed by atoms with Crippen LogP contribution in [-0.2, 0) is 49.7 Å². The second-order valence-electron chi connectivity index (χ2n) is 11.0. The van der Waals surface area contributed by atoms with Crippen molar-refractivity contribution in [3.05, 3.63) is 70.8 Å². The van der Waals surface area contributed by atoms with Gasteiger partial charge < -0.3 is 19.3 Å². The molecule has 2 heterocycles. The number of aliphatic hydroxyl groups excluding tert-OH is 1. The largest absolute Gasteiger partial charge is 0.458 e. The molecule has 2 aromatic carbocycles. The summed E-state index contributed by atoms with van der Waals surface area (Å²) >= 11 is 0. The molecule has 0 radical (unpaired) electrons. The first-order chi connectivity index (χ1) is 18.8. The van der Waals surface area contributed by atoms with Gasteiger partial charge in [-0.15, -0.1) is 0 Å². The standard InChI is InChI=1S/C31H42N2O6/c1-22(2)30(35)38-28(18-32-14-12-24-8-4-6-10-26(24)16-32)20-37-21-29(39-31(36)23(3)34)19-33-15-13-25-9-5-7-11-27(25)17-33/h4-11,22-23,28-29,34H,12-21H2,1-3H3. The molecule has 0 spiro atoms. The summed E-state index contributed by atoms with van der Waals surface area (Å²) in [6, 6.07) is 16.8. The van der Waals surface area contributed by atoms with Crippen LogP contribution in [0.15, 0.2) is 48.5 Å². The minimum Gasteiger partial charge on any atom is -0.458 e. The molecule has 212 valence electrons. The predicted octanol–water partition coefficient (Wildman–Crippen LogP) is 2.98. The quantitative estimate of drug-likeness (QED) is 0.413. The van der Waals surface area contributed by atoms with E-state index in [1.807, 2.05) is 19.9 Å². The lowest BCUT2D eigenvalue weighted by Crippen LogP contribution is -2.43. The molecule has 0 bridgehead atoms. The van der Waals surface area contributed by atoms with E-state index in [1.54, 1.807) is 0 Å². The molecule has 8 heteroatoms. The first-order valence-corrected chi connectivity index (χ1v) is 14.0. The van der Waals surface area contributed by atoms with E-state index < -0.39 is 24.3 Å². The van der Waals surface area contributed by atoms with E-state index in [9.17, 15) is 14.7 Å². The summed E-state index contributed by atoms with van der Waals surface area (Å²) in [5, 5.41) is 9.73. The lowest BCUT2D eigenvalue weighted by Gasteiger charge is -2.33. The van der Waals surface area contributed by atoms with E-state index in [0.717, 1.165) is 39.0 Å². The van der Waals surface area contributed by atoms with Crippen molar-refractivity contribution >= 4 is 11.9 Å². The molecule has 3 atom stereocenters. The third-order valence-corrected chi connectivity index (χ3v) is 7.33. The van der Waals surface area contributed by atoms with Crippen molar-refractivity contribution in [1.29, 1.82) is 0 Å². The zero-order valence-corrected chi connectivity index (χ0v) is 23.4. The summed E-state index contributed by atoms with van der Waals surface area (Å²) in [5.74, 6) is -1.17. The lowest BCUT2D eigenvalue weighted by atomic mass is 10.00. The minimum atomic E-state index is -1.21. The average molecular weight is 539 g/mol. The van der Waals surface area contributed by atoms with Crippen molar-refractivity contribution in [2.45, 2.75) is 65.0 Å². The molecule has 39 heavy (non-hydrogen) atoms. The molecule has 8 nitrogen and oxygen atoms in total. The van der Waals surface area contributed by atoms with Gasteiger partial charge in [-0.25, -0.2) is 4.79 Å².